The first-order valence-corrected chi connectivity index (χ1v) is 7.95. The summed E-state index contributed by atoms with van der Waals surface area (Å²) >= 11 is 0. The van der Waals surface area contributed by atoms with Gasteiger partial charge in [-0.3, -0.25) is 9.78 Å². The molecule has 0 bridgehead atoms. The fourth-order valence-electron chi connectivity index (χ4n) is 2.61. The number of benzene rings is 1. The van der Waals surface area contributed by atoms with Crippen molar-refractivity contribution in [2.45, 2.75) is 19.6 Å². The molecule has 2 heterocycles. The van der Waals surface area contributed by atoms with Crippen molar-refractivity contribution in [3.05, 3.63) is 71.7 Å². The fourth-order valence-corrected chi connectivity index (χ4v) is 2.61. The van der Waals surface area contributed by atoms with E-state index in [1.54, 1.807) is 43.4 Å². The van der Waals surface area contributed by atoms with Crippen LogP contribution in [-0.4, -0.2) is 33.1 Å². The predicted molar refractivity (Wildman–Crippen MR) is 92.6 cm³/mol. The lowest BCUT2D eigenvalue weighted by Gasteiger charge is -2.18. The van der Waals surface area contributed by atoms with Crippen LogP contribution in [0.5, 0.6) is 0 Å². The van der Waals surface area contributed by atoms with Crippen LogP contribution in [0.2, 0.25) is 0 Å². The lowest BCUT2D eigenvalue weighted by Crippen LogP contribution is -2.27. The number of aromatic nitrogens is 2. The van der Waals surface area contributed by atoms with Crippen LogP contribution in [0.3, 0.4) is 0 Å². The summed E-state index contributed by atoms with van der Waals surface area (Å²) in [6.45, 7) is 1.98. The Morgan fingerprint density at radius 3 is 2.64 bits per heavy atom. The minimum absolute atomic E-state index is 0.156. The number of carbonyl (C=O) groups is 1. The van der Waals surface area contributed by atoms with E-state index in [1.807, 2.05) is 30.3 Å². The van der Waals surface area contributed by atoms with Crippen LogP contribution in [0.15, 0.2) is 59.4 Å². The Balaban J connectivity index is 1.97. The third-order valence-corrected chi connectivity index (χ3v) is 3.86. The second-order valence-electron chi connectivity index (χ2n) is 5.83. The molecule has 1 amide bonds. The SMILES string of the molecule is C[C@H](O)c1onc(-c2cccnc2)c1C(=O)N(C)Cc1ccccc1. The summed E-state index contributed by atoms with van der Waals surface area (Å²) in [4.78, 5) is 18.7. The molecule has 0 unspecified atom stereocenters. The summed E-state index contributed by atoms with van der Waals surface area (Å²) in [6.07, 6.45) is 2.31. The first kappa shape index (κ1) is 16.9. The molecular weight excluding hydrogens is 318 g/mol. The van der Waals surface area contributed by atoms with Gasteiger partial charge in [-0.1, -0.05) is 35.5 Å². The summed E-state index contributed by atoms with van der Waals surface area (Å²) in [7, 11) is 1.71. The Labute approximate surface area is 145 Å². The molecule has 6 nitrogen and oxygen atoms in total. The van der Waals surface area contributed by atoms with Crippen molar-refractivity contribution in [2.24, 2.45) is 0 Å². The van der Waals surface area contributed by atoms with Gasteiger partial charge in [-0.25, -0.2) is 0 Å². The van der Waals surface area contributed by atoms with Crippen LogP contribution in [0.25, 0.3) is 11.3 Å². The smallest absolute Gasteiger partial charge is 0.259 e. The molecule has 0 aliphatic carbocycles. The van der Waals surface area contributed by atoms with Gasteiger partial charge in [0.1, 0.15) is 17.4 Å². The van der Waals surface area contributed by atoms with Crippen LogP contribution >= 0.6 is 0 Å². The molecule has 0 saturated heterocycles. The van der Waals surface area contributed by atoms with E-state index in [9.17, 15) is 9.90 Å². The van der Waals surface area contributed by atoms with E-state index < -0.39 is 6.10 Å². The number of carbonyl (C=O) groups excluding carboxylic acids is 1. The Hall–Kier alpha value is -2.99. The van der Waals surface area contributed by atoms with Crippen molar-refractivity contribution < 1.29 is 14.4 Å². The molecule has 6 heteroatoms. The van der Waals surface area contributed by atoms with Crippen LogP contribution in [0.1, 0.15) is 34.7 Å². The Kier molecular flexibility index (Phi) is 4.90. The molecule has 2 aromatic heterocycles. The number of aliphatic hydroxyl groups excluding tert-OH is 1. The van der Waals surface area contributed by atoms with Gasteiger partial charge in [0, 0.05) is 31.5 Å². The largest absolute Gasteiger partial charge is 0.385 e. The molecule has 3 aromatic rings. The maximum Gasteiger partial charge on any atom is 0.259 e. The van der Waals surface area contributed by atoms with Gasteiger partial charge < -0.3 is 14.5 Å². The summed E-state index contributed by atoms with van der Waals surface area (Å²) in [6, 6.07) is 13.2. The molecule has 0 radical (unpaired) electrons. The lowest BCUT2D eigenvalue weighted by atomic mass is 10.0. The number of aliphatic hydroxyl groups is 1. The van der Waals surface area contributed by atoms with Gasteiger partial charge in [0.2, 0.25) is 0 Å². The quantitative estimate of drug-likeness (QED) is 0.774. The Bertz CT molecular complexity index is 845. The van der Waals surface area contributed by atoms with E-state index >= 15 is 0 Å². The normalized spacial score (nSPS) is 12.0. The minimum atomic E-state index is -0.943. The van der Waals surface area contributed by atoms with Crippen LogP contribution in [-0.2, 0) is 6.54 Å². The van der Waals surface area contributed by atoms with Gasteiger partial charge in [0.05, 0.1) is 0 Å². The standard InChI is InChI=1S/C19H19N3O3/c1-13(23)18-16(17(21-25-18)15-9-6-10-20-11-15)19(24)22(2)12-14-7-4-3-5-8-14/h3-11,13,23H,12H2,1-2H3/t13-/m0/s1. The zero-order chi connectivity index (χ0) is 17.8. The number of amides is 1. The first-order chi connectivity index (χ1) is 12.1. The van der Waals surface area contributed by atoms with Crippen LogP contribution in [0, 0.1) is 0 Å². The van der Waals surface area contributed by atoms with Gasteiger partial charge in [-0.15, -0.1) is 0 Å². The molecule has 0 aliphatic rings. The molecular formula is C19H19N3O3. The number of pyridine rings is 1. The topological polar surface area (TPSA) is 79.5 Å². The van der Waals surface area contributed by atoms with E-state index in [-0.39, 0.29) is 17.2 Å². The molecule has 128 valence electrons. The highest BCUT2D eigenvalue weighted by atomic mass is 16.5. The molecule has 25 heavy (non-hydrogen) atoms. The number of nitrogens with zero attached hydrogens (tertiary/aromatic N) is 3. The van der Waals surface area contributed by atoms with E-state index in [4.69, 9.17) is 4.52 Å². The summed E-state index contributed by atoms with van der Waals surface area (Å²) in [5, 5.41) is 14.0. The lowest BCUT2D eigenvalue weighted by molar-refractivity contribution is 0.0773. The van der Waals surface area contributed by atoms with Crippen molar-refractivity contribution in [3.8, 4) is 11.3 Å². The predicted octanol–water partition coefficient (Wildman–Crippen LogP) is 3.06. The maximum absolute atomic E-state index is 13.0. The van der Waals surface area contributed by atoms with E-state index in [2.05, 4.69) is 10.1 Å². The number of hydrogen-bond donors (Lipinski definition) is 1. The molecule has 0 spiro atoms. The van der Waals surface area contributed by atoms with Gasteiger partial charge in [-0.2, -0.15) is 0 Å². The summed E-state index contributed by atoms with van der Waals surface area (Å²) in [5.41, 5.74) is 2.32. The second-order valence-corrected chi connectivity index (χ2v) is 5.83. The average molecular weight is 337 g/mol. The zero-order valence-corrected chi connectivity index (χ0v) is 14.1. The molecule has 0 saturated carbocycles. The van der Waals surface area contributed by atoms with Crippen molar-refractivity contribution >= 4 is 5.91 Å². The van der Waals surface area contributed by atoms with E-state index in [0.717, 1.165) is 5.56 Å². The Morgan fingerprint density at radius 2 is 2.00 bits per heavy atom. The van der Waals surface area contributed by atoms with Crippen LogP contribution < -0.4 is 0 Å². The molecule has 0 aliphatic heterocycles. The average Bonchev–Trinajstić information content (AvgIpc) is 3.08. The fraction of sp³-hybridized carbons (Fsp3) is 0.211. The first-order valence-electron chi connectivity index (χ1n) is 7.95. The minimum Gasteiger partial charge on any atom is -0.385 e. The monoisotopic (exact) mass is 337 g/mol. The van der Waals surface area contributed by atoms with Gasteiger partial charge in [-0.05, 0) is 24.6 Å². The number of rotatable bonds is 5. The van der Waals surface area contributed by atoms with E-state index in [0.29, 0.717) is 17.8 Å². The van der Waals surface area contributed by atoms with Gasteiger partial charge in [0.25, 0.3) is 5.91 Å². The third kappa shape index (κ3) is 3.59. The van der Waals surface area contributed by atoms with E-state index in [1.165, 1.54) is 0 Å². The molecule has 1 atom stereocenters. The highest BCUT2D eigenvalue weighted by Crippen LogP contribution is 2.29. The summed E-state index contributed by atoms with van der Waals surface area (Å²) < 4.78 is 5.26. The second kappa shape index (κ2) is 7.27. The highest BCUT2D eigenvalue weighted by molar-refractivity contribution is 6.00. The molecule has 1 aromatic carbocycles. The van der Waals surface area contributed by atoms with Gasteiger partial charge >= 0.3 is 0 Å². The van der Waals surface area contributed by atoms with Crippen molar-refractivity contribution in [1.82, 2.24) is 15.0 Å². The molecule has 0 fully saturated rings. The van der Waals surface area contributed by atoms with Crippen molar-refractivity contribution in [1.29, 1.82) is 0 Å². The third-order valence-electron chi connectivity index (χ3n) is 3.86. The Morgan fingerprint density at radius 1 is 1.24 bits per heavy atom. The number of hydrogen-bond acceptors (Lipinski definition) is 5. The van der Waals surface area contributed by atoms with Crippen molar-refractivity contribution in [2.75, 3.05) is 7.05 Å². The maximum atomic E-state index is 13.0. The highest BCUT2D eigenvalue weighted by Gasteiger charge is 2.28. The van der Waals surface area contributed by atoms with Gasteiger partial charge in [0.15, 0.2) is 5.76 Å². The summed E-state index contributed by atoms with van der Waals surface area (Å²) in [5.74, 6) is -0.108. The molecule has 1 N–H and O–H groups in total. The van der Waals surface area contributed by atoms with Crippen LogP contribution in [0.4, 0.5) is 0 Å². The molecule has 3 rings (SSSR count). The van der Waals surface area contributed by atoms with Crippen molar-refractivity contribution in [3.63, 3.8) is 0 Å². The zero-order valence-electron chi connectivity index (χ0n) is 14.1.